The molecule has 4 aromatic rings. The van der Waals surface area contributed by atoms with E-state index in [1.165, 1.54) is 0 Å². The Balaban J connectivity index is 1.70. The largest absolute Gasteiger partial charge is 0.480 e. The van der Waals surface area contributed by atoms with Crippen molar-refractivity contribution in [2.24, 2.45) is 0 Å². The fraction of sp³-hybridized carbons (Fsp3) is 0.125. The molecule has 5 heteroatoms. The molecule has 1 aliphatic rings. The third-order valence-corrected chi connectivity index (χ3v) is 7.75. The first-order valence-electron chi connectivity index (χ1n) is 14.6. The van der Waals surface area contributed by atoms with Gasteiger partial charge in [-0.1, -0.05) is 97.1 Å². The van der Waals surface area contributed by atoms with Crippen molar-refractivity contribution in [1.29, 1.82) is 15.8 Å². The standard InChI is InChI=1S/C40H32N4O/c1-40(2)38(37(27-43)39(45-40)33(25-41)26-42)22-19-32-24-35(29-11-7-5-8-12-29)31(23-36(32)30-13-9-6-10-14-30)18-15-28-16-20-34(21-17-28)44(3)4/h5-24H,1-4H3/b18-15+,22-19+. The molecule has 45 heavy (non-hydrogen) atoms. The Labute approximate surface area is 265 Å². The normalized spacial score (nSPS) is 13.8. The average Bonchev–Trinajstić information content (AvgIpc) is 3.32. The van der Waals surface area contributed by atoms with Gasteiger partial charge in [-0.15, -0.1) is 0 Å². The number of ether oxygens (including phenoxy) is 1. The number of anilines is 1. The highest BCUT2D eigenvalue weighted by atomic mass is 16.5. The average molecular weight is 585 g/mol. The van der Waals surface area contributed by atoms with Gasteiger partial charge in [0.15, 0.2) is 11.3 Å². The summed E-state index contributed by atoms with van der Waals surface area (Å²) in [6, 6.07) is 39.2. The minimum atomic E-state index is -0.907. The SMILES string of the molecule is CN(C)c1ccc(/C=C/c2cc(-c3ccccc3)c(/C=C/C3=C(C#N)C(=C(C#N)C#N)OC3(C)C)cc2-c2ccccc2)cc1. The second-order valence-corrected chi connectivity index (χ2v) is 11.4. The van der Waals surface area contributed by atoms with E-state index in [0.717, 1.165) is 44.6 Å². The van der Waals surface area contributed by atoms with Gasteiger partial charge in [0.05, 0.1) is 0 Å². The van der Waals surface area contributed by atoms with Crippen molar-refractivity contribution in [3.8, 4) is 40.5 Å². The Morgan fingerprint density at radius 2 is 1.20 bits per heavy atom. The molecule has 0 N–H and O–H groups in total. The molecule has 0 amide bonds. The van der Waals surface area contributed by atoms with E-state index in [2.05, 4.69) is 83.8 Å². The predicted molar refractivity (Wildman–Crippen MR) is 182 cm³/mol. The van der Waals surface area contributed by atoms with Gasteiger partial charge in [0, 0.05) is 25.4 Å². The third kappa shape index (κ3) is 6.47. The van der Waals surface area contributed by atoms with Crippen LogP contribution in [-0.4, -0.2) is 19.7 Å². The molecule has 0 bridgehead atoms. The van der Waals surface area contributed by atoms with E-state index in [1.807, 2.05) is 88.6 Å². The summed E-state index contributed by atoms with van der Waals surface area (Å²) in [5.74, 6) is 0.0273. The zero-order valence-corrected chi connectivity index (χ0v) is 25.7. The van der Waals surface area contributed by atoms with Crippen LogP contribution >= 0.6 is 0 Å². The number of nitrogens with zero attached hydrogens (tertiary/aromatic N) is 4. The van der Waals surface area contributed by atoms with E-state index in [1.54, 1.807) is 0 Å². The molecule has 5 rings (SSSR count). The molecule has 5 nitrogen and oxygen atoms in total. The molecule has 1 heterocycles. The summed E-state index contributed by atoms with van der Waals surface area (Å²) in [5, 5.41) is 29.0. The van der Waals surface area contributed by atoms with Gasteiger partial charge < -0.3 is 9.64 Å². The van der Waals surface area contributed by atoms with Gasteiger partial charge in [-0.3, -0.25) is 0 Å². The molecule has 0 atom stereocenters. The van der Waals surface area contributed by atoms with E-state index in [-0.39, 0.29) is 16.9 Å². The highest BCUT2D eigenvalue weighted by molar-refractivity contribution is 5.89. The van der Waals surface area contributed by atoms with Crippen molar-refractivity contribution in [2.45, 2.75) is 19.4 Å². The Kier molecular flexibility index (Phi) is 8.81. The van der Waals surface area contributed by atoms with Gasteiger partial charge in [0.2, 0.25) is 0 Å². The number of nitriles is 3. The first-order valence-corrected chi connectivity index (χ1v) is 14.6. The second kappa shape index (κ2) is 13.0. The first kappa shape index (κ1) is 30.4. The fourth-order valence-electron chi connectivity index (χ4n) is 5.37. The summed E-state index contributed by atoms with van der Waals surface area (Å²) < 4.78 is 5.99. The Morgan fingerprint density at radius 3 is 1.67 bits per heavy atom. The van der Waals surface area contributed by atoms with E-state index < -0.39 is 5.60 Å². The van der Waals surface area contributed by atoms with Crippen LogP contribution in [0, 0.1) is 34.0 Å². The van der Waals surface area contributed by atoms with E-state index >= 15 is 0 Å². The van der Waals surface area contributed by atoms with Crippen LogP contribution in [0.5, 0.6) is 0 Å². The van der Waals surface area contributed by atoms with E-state index in [4.69, 9.17) is 4.74 Å². The van der Waals surface area contributed by atoms with Crippen molar-refractivity contribution in [3.05, 3.63) is 142 Å². The minimum absolute atomic E-state index is 0.0273. The molecular formula is C40H32N4O. The number of allylic oxidation sites excluding steroid dienone is 2. The van der Waals surface area contributed by atoms with Crippen LogP contribution in [0.25, 0.3) is 40.5 Å². The highest BCUT2D eigenvalue weighted by Crippen LogP contribution is 2.41. The molecule has 0 spiro atoms. The lowest BCUT2D eigenvalue weighted by Crippen LogP contribution is -2.20. The number of hydrogen-bond donors (Lipinski definition) is 0. The minimum Gasteiger partial charge on any atom is -0.480 e. The van der Waals surface area contributed by atoms with Crippen LogP contribution in [0.3, 0.4) is 0 Å². The molecule has 0 saturated heterocycles. The van der Waals surface area contributed by atoms with Crippen LogP contribution in [-0.2, 0) is 4.74 Å². The van der Waals surface area contributed by atoms with Gasteiger partial charge >= 0.3 is 0 Å². The summed E-state index contributed by atoms with van der Waals surface area (Å²) in [4.78, 5) is 2.08. The smallest absolute Gasteiger partial charge is 0.172 e. The molecule has 1 aliphatic heterocycles. The maximum atomic E-state index is 10.0. The van der Waals surface area contributed by atoms with Crippen LogP contribution in [0.2, 0.25) is 0 Å². The van der Waals surface area contributed by atoms with Gasteiger partial charge in [-0.05, 0) is 77.1 Å². The quantitative estimate of drug-likeness (QED) is 0.160. The highest BCUT2D eigenvalue weighted by Gasteiger charge is 2.38. The van der Waals surface area contributed by atoms with E-state index in [0.29, 0.717) is 5.57 Å². The van der Waals surface area contributed by atoms with Crippen molar-refractivity contribution >= 4 is 23.9 Å². The summed E-state index contributed by atoms with van der Waals surface area (Å²) in [7, 11) is 4.06. The zero-order valence-electron chi connectivity index (χ0n) is 25.7. The summed E-state index contributed by atoms with van der Waals surface area (Å²) in [6.45, 7) is 3.66. The molecule has 0 radical (unpaired) electrons. The summed E-state index contributed by atoms with van der Waals surface area (Å²) >= 11 is 0. The van der Waals surface area contributed by atoms with Crippen LogP contribution < -0.4 is 4.90 Å². The first-order chi connectivity index (χ1) is 21.7. The Hall–Kier alpha value is -6.09. The molecule has 218 valence electrons. The summed E-state index contributed by atoms with van der Waals surface area (Å²) in [5.41, 5.74) is 8.14. The maximum Gasteiger partial charge on any atom is 0.172 e. The maximum absolute atomic E-state index is 10.0. The van der Waals surface area contributed by atoms with Gasteiger partial charge in [0.25, 0.3) is 0 Å². The van der Waals surface area contributed by atoms with Crippen LogP contribution in [0.1, 0.15) is 30.5 Å². The third-order valence-electron chi connectivity index (χ3n) is 7.75. The van der Waals surface area contributed by atoms with Crippen molar-refractivity contribution in [3.63, 3.8) is 0 Å². The zero-order chi connectivity index (χ0) is 32.0. The molecule has 0 fully saturated rings. The molecule has 0 saturated carbocycles. The van der Waals surface area contributed by atoms with Crippen molar-refractivity contribution in [1.82, 2.24) is 0 Å². The lowest BCUT2D eigenvalue weighted by atomic mass is 9.88. The molecule has 0 aliphatic carbocycles. The fourth-order valence-corrected chi connectivity index (χ4v) is 5.37. The van der Waals surface area contributed by atoms with Gasteiger partial charge in [-0.25, -0.2) is 0 Å². The lowest BCUT2D eigenvalue weighted by Gasteiger charge is -2.21. The summed E-state index contributed by atoms with van der Waals surface area (Å²) in [6.07, 6.45) is 8.14. The second-order valence-electron chi connectivity index (χ2n) is 11.4. The molecule has 0 unspecified atom stereocenters. The van der Waals surface area contributed by atoms with Gasteiger partial charge in [0.1, 0.15) is 29.4 Å². The van der Waals surface area contributed by atoms with Gasteiger partial charge in [-0.2, -0.15) is 15.8 Å². The number of benzene rings is 4. The van der Waals surface area contributed by atoms with Crippen LogP contribution in [0.4, 0.5) is 5.69 Å². The molecule has 4 aromatic carbocycles. The number of hydrogen-bond acceptors (Lipinski definition) is 5. The van der Waals surface area contributed by atoms with Crippen molar-refractivity contribution < 1.29 is 4.74 Å². The molecule has 0 aromatic heterocycles. The van der Waals surface area contributed by atoms with Crippen molar-refractivity contribution in [2.75, 3.05) is 19.0 Å². The Bertz CT molecular complexity index is 1960. The Morgan fingerprint density at radius 1 is 0.689 bits per heavy atom. The lowest BCUT2D eigenvalue weighted by molar-refractivity contribution is 0.0954. The monoisotopic (exact) mass is 584 g/mol. The topological polar surface area (TPSA) is 83.8 Å². The predicted octanol–water partition coefficient (Wildman–Crippen LogP) is 9.20. The molecular weight excluding hydrogens is 552 g/mol. The van der Waals surface area contributed by atoms with Crippen LogP contribution in [0.15, 0.2) is 126 Å². The van der Waals surface area contributed by atoms with E-state index in [9.17, 15) is 15.8 Å². The number of rotatable bonds is 7.